The van der Waals surface area contributed by atoms with Crippen molar-refractivity contribution in [2.75, 3.05) is 4.90 Å². The molecule has 2 aromatic heterocycles. The molecule has 11 rings (SSSR count). The number of anilines is 3. The van der Waals surface area contributed by atoms with Crippen LogP contribution in [0.4, 0.5) is 17.1 Å². The van der Waals surface area contributed by atoms with Crippen molar-refractivity contribution in [2.45, 2.75) is 19.3 Å². The monoisotopic (exact) mass is 755 g/mol. The summed E-state index contributed by atoms with van der Waals surface area (Å²) in [4.78, 5) is 2.47. The molecule has 8 aromatic carbocycles. The topological polar surface area (TPSA) is 20.5 Å². The Balaban J connectivity index is 1.24. The Morgan fingerprint density at radius 3 is 1.73 bits per heavy atom. The second-order valence-electron chi connectivity index (χ2n) is 16.0. The molecule has 0 saturated heterocycles. The van der Waals surface area contributed by atoms with E-state index in [2.05, 4.69) is 236 Å². The molecule has 0 bridgehead atoms. The van der Waals surface area contributed by atoms with Crippen LogP contribution < -0.4 is 4.90 Å². The molecule has 0 atom stereocenters. The smallest absolute Gasteiger partial charge is 0.101 e. The zero-order valence-corrected chi connectivity index (χ0v) is 33.0. The molecule has 280 valence electrons. The molecular formula is C56H41N3. The van der Waals surface area contributed by atoms with Crippen LogP contribution in [0.25, 0.3) is 72.2 Å². The Kier molecular flexibility index (Phi) is 8.16. The van der Waals surface area contributed by atoms with Gasteiger partial charge >= 0.3 is 0 Å². The maximum Gasteiger partial charge on any atom is 0.101 e. The van der Waals surface area contributed by atoms with Gasteiger partial charge in [-0.2, -0.15) is 5.10 Å². The average Bonchev–Trinajstić information content (AvgIpc) is 3.81. The van der Waals surface area contributed by atoms with Gasteiger partial charge in [0.05, 0.1) is 16.9 Å². The van der Waals surface area contributed by atoms with Crippen molar-refractivity contribution >= 4 is 33.4 Å². The van der Waals surface area contributed by atoms with E-state index >= 15 is 0 Å². The van der Waals surface area contributed by atoms with Crippen molar-refractivity contribution in [1.29, 1.82) is 0 Å². The van der Waals surface area contributed by atoms with Crippen LogP contribution in [-0.2, 0) is 5.41 Å². The first-order chi connectivity index (χ1) is 29.0. The summed E-state index contributed by atoms with van der Waals surface area (Å²) in [6.45, 7) is 4.72. The Morgan fingerprint density at radius 1 is 0.424 bits per heavy atom. The maximum absolute atomic E-state index is 5.50. The fourth-order valence-electron chi connectivity index (χ4n) is 9.35. The Hall–Kier alpha value is -7.49. The van der Waals surface area contributed by atoms with Crippen molar-refractivity contribution in [3.05, 3.63) is 223 Å². The minimum absolute atomic E-state index is 0.152. The Morgan fingerprint density at radius 2 is 1.00 bits per heavy atom. The molecule has 3 heteroatoms. The minimum atomic E-state index is -0.152. The van der Waals surface area contributed by atoms with Gasteiger partial charge in [-0.1, -0.05) is 190 Å². The average molecular weight is 756 g/mol. The molecule has 0 fully saturated rings. The van der Waals surface area contributed by atoms with Gasteiger partial charge in [0.1, 0.15) is 5.69 Å². The first kappa shape index (κ1) is 34.7. The number of pyridine rings is 1. The minimum Gasteiger partial charge on any atom is -0.310 e. The molecule has 1 aliphatic rings. The first-order valence-electron chi connectivity index (χ1n) is 20.4. The normalized spacial score (nSPS) is 12.7. The number of fused-ring (bicyclic) bond motifs is 6. The molecule has 3 nitrogen and oxygen atoms in total. The van der Waals surface area contributed by atoms with Crippen molar-refractivity contribution < 1.29 is 0 Å². The zero-order chi connectivity index (χ0) is 39.5. The number of aromatic nitrogens is 2. The maximum atomic E-state index is 5.50. The van der Waals surface area contributed by atoms with Gasteiger partial charge in [0.2, 0.25) is 0 Å². The van der Waals surface area contributed by atoms with E-state index in [1.165, 1.54) is 33.4 Å². The highest BCUT2D eigenvalue weighted by Crippen LogP contribution is 2.52. The van der Waals surface area contributed by atoms with Crippen LogP contribution in [-0.4, -0.2) is 9.61 Å². The van der Waals surface area contributed by atoms with Gasteiger partial charge in [-0.05, 0) is 75.3 Å². The third kappa shape index (κ3) is 5.69. The van der Waals surface area contributed by atoms with Gasteiger partial charge in [0.25, 0.3) is 0 Å². The van der Waals surface area contributed by atoms with Crippen LogP contribution in [0.1, 0.15) is 25.0 Å². The van der Waals surface area contributed by atoms with E-state index in [-0.39, 0.29) is 5.41 Å². The van der Waals surface area contributed by atoms with Crippen LogP contribution in [0.2, 0.25) is 0 Å². The van der Waals surface area contributed by atoms with Crippen LogP contribution in [0.15, 0.2) is 212 Å². The fraction of sp³-hybridized carbons (Fsp3) is 0.0536. The van der Waals surface area contributed by atoms with E-state index in [1.54, 1.807) is 0 Å². The molecule has 0 radical (unpaired) electrons. The lowest BCUT2D eigenvalue weighted by Crippen LogP contribution is -2.16. The summed E-state index contributed by atoms with van der Waals surface area (Å²) in [5, 5.41) is 7.78. The van der Waals surface area contributed by atoms with Crippen LogP contribution in [0.3, 0.4) is 0 Å². The summed E-state index contributed by atoms with van der Waals surface area (Å²) in [6.07, 6.45) is 0. The fourth-order valence-corrected chi connectivity index (χ4v) is 9.35. The highest BCUT2D eigenvalue weighted by Gasteiger charge is 2.36. The lowest BCUT2D eigenvalue weighted by atomic mass is 9.82. The summed E-state index contributed by atoms with van der Waals surface area (Å²) in [7, 11) is 0. The van der Waals surface area contributed by atoms with Gasteiger partial charge in [-0.15, -0.1) is 0 Å². The number of nitrogens with zero attached hydrogens (tertiary/aromatic N) is 3. The van der Waals surface area contributed by atoms with Crippen LogP contribution in [0.5, 0.6) is 0 Å². The molecule has 10 aromatic rings. The van der Waals surface area contributed by atoms with E-state index < -0.39 is 0 Å². The van der Waals surface area contributed by atoms with E-state index in [0.29, 0.717) is 0 Å². The van der Waals surface area contributed by atoms with Crippen LogP contribution >= 0.6 is 0 Å². The zero-order valence-electron chi connectivity index (χ0n) is 33.0. The molecule has 59 heavy (non-hydrogen) atoms. The predicted molar refractivity (Wildman–Crippen MR) is 247 cm³/mol. The summed E-state index contributed by atoms with van der Waals surface area (Å²) >= 11 is 0. The summed E-state index contributed by atoms with van der Waals surface area (Å²) in [6, 6.07) is 76.8. The second kappa shape index (κ2) is 13.9. The molecule has 2 heterocycles. The van der Waals surface area contributed by atoms with E-state index in [0.717, 1.165) is 67.0 Å². The van der Waals surface area contributed by atoms with Gasteiger partial charge in [-0.25, -0.2) is 4.52 Å². The van der Waals surface area contributed by atoms with Crippen LogP contribution in [0, 0.1) is 0 Å². The highest BCUT2D eigenvalue weighted by molar-refractivity contribution is 6.13. The van der Waals surface area contributed by atoms with Gasteiger partial charge < -0.3 is 4.90 Å². The van der Waals surface area contributed by atoms with Gasteiger partial charge in [0.15, 0.2) is 0 Å². The van der Waals surface area contributed by atoms with E-state index in [4.69, 9.17) is 5.10 Å². The third-order valence-electron chi connectivity index (χ3n) is 12.2. The molecule has 0 amide bonds. The predicted octanol–water partition coefficient (Wildman–Crippen LogP) is 14.9. The SMILES string of the molecule is CC1(C)c2ccccc2-c2ccc(N(c3cccc(-c4ccccc4)c3)c3cccc4c3cc(-c3ccccc3)n3nc(-c5ccccc5)c(-c5ccccc5)c43)cc21. The van der Waals surface area contributed by atoms with Gasteiger partial charge in [0, 0.05) is 44.3 Å². The van der Waals surface area contributed by atoms with Crippen molar-refractivity contribution in [3.63, 3.8) is 0 Å². The number of hydrogen-bond acceptors (Lipinski definition) is 2. The number of rotatable bonds is 7. The molecule has 0 saturated carbocycles. The Labute approximate surface area is 345 Å². The van der Waals surface area contributed by atoms with Crippen molar-refractivity contribution in [3.8, 4) is 55.9 Å². The number of hydrogen-bond donors (Lipinski definition) is 0. The highest BCUT2D eigenvalue weighted by atomic mass is 15.2. The molecule has 0 spiro atoms. The third-order valence-corrected chi connectivity index (χ3v) is 12.2. The molecule has 0 N–H and O–H groups in total. The quantitative estimate of drug-likeness (QED) is 0.161. The lowest BCUT2D eigenvalue weighted by molar-refractivity contribution is 0.660. The molecular weight excluding hydrogens is 715 g/mol. The van der Waals surface area contributed by atoms with E-state index in [9.17, 15) is 0 Å². The van der Waals surface area contributed by atoms with Crippen molar-refractivity contribution in [1.82, 2.24) is 9.61 Å². The van der Waals surface area contributed by atoms with Gasteiger partial charge in [-0.3, -0.25) is 0 Å². The largest absolute Gasteiger partial charge is 0.310 e. The standard InChI is InChI=1S/C56H41N3/c1-56(2)49-31-16-15-29-45(49)46-34-33-44(36-50(46)56)58(43-28-17-27-42(35-43)38-19-7-3-8-20-38)51-32-18-30-47-48(51)37-52(39-21-9-4-10-22-39)59-55(47)53(40-23-11-5-12-24-40)54(57-59)41-25-13-6-14-26-41/h3-37H,1-2H3. The second-order valence-corrected chi connectivity index (χ2v) is 16.0. The Bertz CT molecular complexity index is 3170. The number of benzene rings is 8. The molecule has 0 aliphatic heterocycles. The van der Waals surface area contributed by atoms with Crippen molar-refractivity contribution in [2.24, 2.45) is 0 Å². The molecule has 0 unspecified atom stereocenters. The molecule has 1 aliphatic carbocycles. The summed E-state index contributed by atoms with van der Waals surface area (Å²) in [5.41, 5.74) is 18.3. The summed E-state index contributed by atoms with van der Waals surface area (Å²) < 4.78 is 2.18. The lowest BCUT2D eigenvalue weighted by Gasteiger charge is -2.29. The van der Waals surface area contributed by atoms with E-state index in [1.807, 2.05) is 0 Å². The summed E-state index contributed by atoms with van der Waals surface area (Å²) in [5.74, 6) is 0. The first-order valence-corrected chi connectivity index (χ1v) is 20.4.